The molecule has 1 aromatic carbocycles. The van der Waals surface area contributed by atoms with Crippen molar-refractivity contribution in [1.82, 2.24) is 0 Å². The maximum Gasteiger partial charge on any atom is 0.342 e. The fourth-order valence-corrected chi connectivity index (χ4v) is 3.13. The van der Waals surface area contributed by atoms with Gasteiger partial charge in [0, 0.05) is 0 Å². The number of carboxylic acids is 1. The zero-order valence-corrected chi connectivity index (χ0v) is 12.1. The van der Waals surface area contributed by atoms with Crippen LogP contribution in [0.4, 0.5) is 5.69 Å². The van der Waals surface area contributed by atoms with Crippen molar-refractivity contribution in [1.29, 1.82) is 0 Å². The number of nitrogens with zero attached hydrogens (tertiary/aromatic N) is 1. The smallest absolute Gasteiger partial charge is 0.342 e. The van der Waals surface area contributed by atoms with Gasteiger partial charge in [0.25, 0.3) is 0 Å². The molecule has 21 heavy (non-hydrogen) atoms. The summed E-state index contributed by atoms with van der Waals surface area (Å²) in [6.07, 6.45) is 2.68. The number of ether oxygens (including phenoxy) is 1. The Morgan fingerprint density at radius 1 is 1.29 bits per heavy atom. The van der Waals surface area contributed by atoms with Crippen molar-refractivity contribution in [2.24, 2.45) is 11.8 Å². The van der Waals surface area contributed by atoms with Gasteiger partial charge < -0.3 is 9.84 Å². The molecular weight excluding hydrogens is 274 g/mol. The molecule has 1 N–H and O–H groups in total. The molecule has 0 spiro atoms. The maximum absolute atomic E-state index is 11.2. The zero-order valence-electron chi connectivity index (χ0n) is 12.1. The summed E-state index contributed by atoms with van der Waals surface area (Å²) in [5, 5.41) is 20.2. The summed E-state index contributed by atoms with van der Waals surface area (Å²) in [7, 11) is 0. The first-order valence-corrected chi connectivity index (χ1v) is 7.05. The van der Waals surface area contributed by atoms with Crippen molar-refractivity contribution in [3.63, 3.8) is 0 Å². The molecule has 6 heteroatoms. The lowest BCUT2D eigenvalue weighted by Gasteiger charge is -2.31. The van der Waals surface area contributed by atoms with Crippen LogP contribution < -0.4 is 4.74 Å². The van der Waals surface area contributed by atoms with Crippen molar-refractivity contribution >= 4 is 11.7 Å². The molecule has 2 rings (SSSR count). The Balaban J connectivity index is 2.29. The van der Waals surface area contributed by atoms with Gasteiger partial charge in [-0.3, -0.25) is 10.1 Å². The molecule has 0 aliphatic heterocycles. The highest BCUT2D eigenvalue weighted by Gasteiger charge is 2.30. The van der Waals surface area contributed by atoms with E-state index in [4.69, 9.17) is 9.84 Å². The molecule has 0 bridgehead atoms. The van der Waals surface area contributed by atoms with Crippen molar-refractivity contribution in [2.75, 3.05) is 0 Å². The minimum absolute atomic E-state index is 0.0474. The highest BCUT2D eigenvalue weighted by Crippen LogP contribution is 2.36. The van der Waals surface area contributed by atoms with Crippen LogP contribution in [-0.4, -0.2) is 22.1 Å². The van der Waals surface area contributed by atoms with E-state index in [2.05, 4.69) is 13.8 Å². The summed E-state index contributed by atoms with van der Waals surface area (Å²) in [6, 6.07) is 4.16. The number of benzene rings is 1. The van der Waals surface area contributed by atoms with Crippen molar-refractivity contribution in [2.45, 2.75) is 39.2 Å². The first kappa shape index (κ1) is 15.3. The van der Waals surface area contributed by atoms with Gasteiger partial charge in [0.2, 0.25) is 0 Å². The van der Waals surface area contributed by atoms with Crippen molar-refractivity contribution < 1.29 is 19.6 Å². The Hall–Kier alpha value is -2.11. The number of carbonyl (C=O) groups is 1. The average molecular weight is 293 g/mol. The summed E-state index contributed by atoms with van der Waals surface area (Å²) in [4.78, 5) is 21.6. The summed E-state index contributed by atoms with van der Waals surface area (Å²) in [6.45, 7) is 4.27. The fourth-order valence-electron chi connectivity index (χ4n) is 3.13. The summed E-state index contributed by atoms with van der Waals surface area (Å²) < 4.78 is 5.77. The number of rotatable bonds is 4. The molecule has 1 aliphatic rings. The normalized spacial score (nSPS) is 25.3. The molecule has 1 aliphatic carbocycles. The van der Waals surface area contributed by atoms with E-state index in [-0.39, 0.29) is 17.4 Å². The molecular formula is C15H19NO5. The SMILES string of the molecule is CC1CC(C)CC(Oc2cccc(C(=O)O)c2[N+](=O)[O-])C1. The number of nitro benzene ring substituents is 1. The Morgan fingerprint density at radius 2 is 1.90 bits per heavy atom. The molecule has 2 unspecified atom stereocenters. The van der Waals surface area contributed by atoms with Crippen LogP contribution >= 0.6 is 0 Å². The standard InChI is InChI=1S/C15H19NO5/c1-9-6-10(2)8-11(7-9)21-13-5-3-4-12(15(17)18)14(13)16(19)20/h3-5,9-11H,6-8H2,1-2H3,(H,17,18). The molecule has 0 aromatic heterocycles. The number of carboxylic acid groups (broad SMARTS) is 1. The lowest BCUT2D eigenvalue weighted by Crippen LogP contribution is -2.28. The van der Waals surface area contributed by atoms with Crippen molar-refractivity contribution in [3.8, 4) is 5.75 Å². The first-order valence-electron chi connectivity index (χ1n) is 7.05. The van der Waals surface area contributed by atoms with Gasteiger partial charge in [0.05, 0.1) is 11.0 Å². The first-order chi connectivity index (χ1) is 9.88. The van der Waals surface area contributed by atoms with Gasteiger partial charge in [-0.2, -0.15) is 0 Å². The number of para-hydroxylation sites is 1. The Morgan fingerprint density at radius 3 is 2.43 bits per heavy atom. The summed E-state index contributed by atoms with van der Waals surface area (Å²) in [5.41, 5.74) is -0.801. The third kappa shape index (κ3) is 3.51. The van der Waals surface area contributed by atoms with Crippen LogP contribution in [0.25, 0.3) is 0 Å². The highest BCUT2D eigenvalue weighted by molar-refractivity contribution is 5.93. The molecule has 1 aromatic rings. The van der Waals surface area contributed by atoms with Gasteiger partial charge in [-0.15, -0.1) is 0 Å². The number of hydrogen-bond acceptors (Lipinski definition) is 4. The predicted molar refractivity (Wildman–Crippen MR) is 76.7 cm³/mol. The minimum Gasteiger partial charge on any atom is -0.483 e. The number of nitro groups is 1. The lowest BCUT2D eigenvalue weighted by molar-refractivity contribution is -0.386. The topological polar surface area (TPSA) is 89.7 Å². The molecule has 0 saturated heterocycles. The molecule has 0 heterocycles. The van der Waals surface area contributed by atoms with Gasteiger partial charge in [0.15, 0.2) is 5.75 Å². The van der Waals surface area contributed by atoms with Gasteiger partial charge >= 0.3 is 11.7 Å². The van der Waals surface area contributed by atoms with E-state index in [1.54, 1.807) is 0 Å². The molecule has 1 saturated carbocycles. The molecule has 0 amide bonds. The second kappa shape index (κ2) is 6.11. The van der Waals surface area contributed by atoms with Gasteiger partial charge in [0.1, 0.15) is 5.56 Å². The Labute approximate surface area is 122 Å². The van der Waals surface area contributed by atoms with Crippen LogP contribution in [0, 0.1) is 22.0 Å². The fraction of sp³-hybridized carbons (Fsp3) is 0.533. The monoisotopic (exact) mass is 293 g/mol. The van der Waals surface area contributed by atoms with Crippen LogP contribution in [0.1, 0.15) is 43.5 Å². The minimum atomic E-state index is -1.32. The van der Waals surface area contributed by atoms with Crippen molar-refractivity contribution in [3.05, 3.63) is 33.9 Å². The van der Waals surface area contributed by atoms with Crippen LogP contribution in [0.5, 0.6) is 5.75 Å². The molecule has 2 atom stereocenters. The second-order valence-corrected chi connectivity index (χ2v) is 5.87. The molecule has 114 valence electrons. The van der Waals surface area contributed by atoms with Gasteiger partial charge in [-0.05, 0) is 43.2 Å². The maximum atomic E-state index is 11.2. The van der Waals surface area contributed by atoms with Crippen LogP contribution in [0.2, 0.25) is 0 Å². The van der Waals surface area contributed by atoms with E-state index in [1.807, 2.05) is 0 Å². The van der Waals surface area contributed by atoms with E-state index < -0.39 is 16.6 Å². The number of aromatic carboxylic acids is 1. The van der Waals surface area contributed by atoms with Gasteiger partial charge in [-0.25, -0.2) is 4.79 Å². The Bertz CT molecular complexity index is 547. The van der Waals surface area contributed by atoms with Gasteiger partial charge in [-0.1, -0.05) is 19.9 Å². The van der Waals surface area contributed by atoms with E-state index in [9.17, 15) is 14.9 Å². The second-order valence-electron chi connectivity index (χ2n) is 5.87. The summed E-state index contributed by atoms with van der Waals surface area (Å²) in [5.74, 6) is -0.273. The summed E-state index contributed by atoms with van der Waals surface area (Å²) >= 11 is 0. The quantitative estimate of drug-likeness (QED) is 0.677. The highest BCUT2D eigenvalue weighted by atomic mass is 16.6. The van der Waals surface area contributed by atoms with E-state index >= 15 is 0 Å². The van der Waals surface area contributed by atoms with Crippen LogP contribution in [0.15, 0.2) is 18.2 Å². The average Bonchev–Trinajstić information content (AvgIpc) is 2.36. The Kier molecular flexibility index (Phi) is 4.45. The molecule has 6 nitrogen and oxygen atoms in total. The lowest BCUT2D eigenvalue weighted by atomic mass is 9.82. The zero-order chi connectivity index (χ0) is 15.6. The van der Waals surface area contributed by atoms with E-state index in [1.165, 1.54) is 18.2 Å². The van der Waals surface area contributed by atoms with Crippen LogP contribution in [0.3, 0.4) is 0 Å². The van der Waals surface area contributed by atoms with E-state index in [0.29, 0.717) is 11.8 Å². The van der Waals surface area contributed by atoms with Crippen LogP contribution in [-0.2, 0) is 0 Å². The number of hydrogen-bond donors (Lipinski definition) is 1. The largest absolute Gasteiger partial charge is 0.483 e. The third-order valence-electron chi connectivity index (χ3n) is 3.84. The third-order valence-corrected chi connectivity index (χ3v) is 3.84. The molecule has 0 radical (unpaired) electrons. The predicted octanol–water partition coefficient (Wildman–Crippen LogP) is 3.50. The van der Waals surface area contributed by atoms with E-state index in [0.717, 1.165) is 19.3 Å². The molecule has 1 fully saturated rings.